The second-order valence-electron chi connectivity index (χ2n) is 9.25. The number of hydrogen-bond acceptors (Lipinski definition) is 4. The average molecular weight is 431 g/mol. The van der Waals surface area contributed by atoms with E-state index in [2.05, 4.69) is 89.1 Å². The Morgan fingerprint density at radius 2 is 1.81 bits per heavy atom. The fourth-order valence-corrected chi connectivity index (χ4v) is 5.04. The van der Waals surface area contributed by atoms with Crippen LogP contribution >= 0.6 is 0 Å². The smallest absolute Gasteiger partial charge is 0.139 e. The number of nitrogens with zero attached hydrogens (tertiary/aromatic N) is 4. The Labute approximate surface area is 191 Å². The van der Waals surface area contributed by atoms with E-state index in [9.17, 15) is 0 Å². The first-order valence-electron chi connectivity index (χ1n) is 11.9. The molecule has 2 aliphatic heterocycles. The molecule has 2 aromatic carbocycles. The van der Waals surface area contributed by atoms with E-state index < -0.39 is 0 Å². The molecule has 0 N–H and O–H groups in total. The van der Waals surface area contributed by atoms with Gasteiger partial charge >= 0.3 is 0 Å². The number of piperidine rings is 1. The molecular formula is C27H34N4O. The molecule has 32 heavy (non-hydrogen) atoms. The lowest BCUT2D eigenvalue weighted by Gasteiger charge is -2.33. The lowest BCUT2D eigenvalue weighted by atomic mass is 10.0. The number of benzene rings is 2. The summed E-state index contributed by atoms with van der Waals surface area (Å²) in [5, 5.41) is 0. The molecule has 3 aromatic rings. The van der Waals surface area contributed by atoms with Gasteiger partial charge in [0.25, 0.3) is 0 Å². The van der Waals surface area contributed by atoms with Gasteiger partial charge in [-0.05, 0) is 55.5 Å². The summed E-state index contributed by atoms with van der Waals surface area (Å²) in [5.74, 6) is 1.14. The minimum atomic E-state index is 0.155. The molecule has 5 heteroatoms. The lowest BCUT2D eigenvalue weighted by molar-refractivity contribution is 0.0978. The lowest BCUT2D eigenvalue weighted by Crippen LogP contribution is -2.35. The van der Waals surface area contributed by atoms with Crippen LogP contribution in [-0.2, 0) is 4.74 Å². The number of aromatic nitrogens is 2. The molecule has 1 aromatic heterocycles. The summed E-state index contributed by atoms with van der Waals surface area (Å²) in [4.78, 5) is 9.69. The molecule has 3 heterocycles. The molecule has 1 unspecified atom stereocenters. The quantitative estimate of drug-likeness (QED) is 0.531. The first kappa shape index (κ1) is 21.2. The molecule has 2 aliphatic rings. The van der Waals surface area contributed by atoms with Gasteiger partial charge in [0, 0.05) is 52.1 Å². The molecule has 0 amide bonds. The van der Waals surface area contributed by atoms with Gasteiger partial charge < -0.3 is 14.2 Å². The van der Waals surface area contributed by atoms with E-state index in [1.165, 1.54) is 16.8 Å². The predicted octanol–water partition coefficient (Wildman–Crippen LogP) is 5.30. The third-order valence-electron chi connectivity index (χ3n) is 6.85. The fraction of sp³-hybridized carbons (Fsp3) is 0.444. The third-order valence-corrected chi connectivity index (χ3v) is 6.85. The maximum absolute atomic E-state index is 6.03. The Morgan fingerprint density at radius 1 is 1.03 bits per heavy atom. The van der Waals surface area contributed by atoms with Crippen molar-refractivity contribution >= 4 is 22.8 Å². The highest BCUT2D eigenvalue weighted by molar-refractivity contribution is 5.76. The van der Waals surface area contributed by atoms with Gasteiger partial charge in [-0.3, -0.25) is 4.90 Å². The summed E-state index contributed by atoms with van der Waals surface area (Å²) in [6.45, 7) is 4.10. The zero-order chi connectivity index (χ0) is 21.9. The maximum Gasteiger partial charge on any atom is 0.139 e. The summed E-state index contributed by atoms with van der Waals surface area (Å²) in [6.07, 6.45) is 9.23. The van der Waals surface area contributed by atoms with Crippen molar-refractivity contribution in [3.8, 4) is 0 Å². The van der Waals surface area contributed by atoms with Crippen LogP contribution in [0.15, 0.2) is 54.6 Å². The van der Waals surface area contributed by atoms with E-state index in [-0.39, 0.29) is 6.10 Å². The number of hydrogen-bond donors (Lipinski definition) is 0. The van der Waals surface area contributed by atoms with Crippen LogP contribution in [0.25, 0.3) is 17.1 Å². The van der Waals surface area contributed by atoms with Gasteiger partial charge in [0.1, 0.15) is 11.9 Å². The van der Waals surface area contributed by atoms with Crippen LogP contribution in [0, 0.1) is 0 Å². The fourth-order valence-electron chi connectivity index (χ4n) is 5.04. The van der Waals surface area contributed by atoms with E-state index in [0.717, 1.165) is 63.3 Å². The molecule has 0 radical (unpaired) electrons. The monoisotopic (exact) mass is 430 g/mol. The van der Waals surface area contributed by atoms with Crippen molar-refractivity contribution in [2.24, 2.45) is 0 Å². The maximum atomic E-state index is 6.03. The van der Waals surface area contributed by atoms with Crippen LogP contribution in [0.3, 0.4) is 0 Å². The van der Waals surface area contributed by atoms with Crippen molar-refractivity contribution in [2.45, 2.75) is 37.8 Å². The Morgan fingerprint density at radius 3 is 2.53 bits per heavy atom. The Kier molecular flexibility index (Phi) is 6.28. The molecule has 0 saturated carbocycles. The van der Waals surface area contributed by atoms with E-state index in [1.54, 1.807) is 0 Å². The van der Waals surface area contributed by atoms with Gasteiger partial charge in [0.2, 0.25) is 0 Å². The highest BCUT2D eigenvalue weighted by Crippen LogP contribution is 2.35. The molecule has 1 atom stereocenters. The van der Waals surface area contributed by atoms with Gasteiger partial charge in [-0.25, -0.2) is 4.98 Å². The summed E-state index contributed by atoms with van der Waals surface area (Å²) in [5.41, 5.74) is 4.86. The molecule has 5 rings (SSSR count). The zero-order valence-electron chi connectivity index (χ0n) is 19.3. The SMILES string of the molecule is CN(C)c1ccc(/C=C/CN2CCC(n3c(C4CCCO4)nc4ccccc43)CC2)cc1. The molecule has 0 spiro atoms. The largest absolute Gasteiger partial charge is 0.378 e. The second kappa shape index (κ2) is 9.47. The van der Waals surface area contributed by atoms with Crippen molar-refractivity contribution in [3.63, 3.8) is 0 Å². The highest BCUT2D eigenvalue weighted by Gasteiger charge is 2.29. The number of anilines is 1. The minimum absolute atomic E-state index is 0.155. The Balaban J connectivity index is 1.23. The van der Waals surface area contributed by atoms with Crippen LogP contribution in [0.5, 0.6) is 0 Å². The van der Waals surface area contributed by atoms with E-state index in [4.69, 9.17) is 9.72 Å². The number of ether oxygens (including phenoxy) is 1. The topological polar surface area (TPSA) is 33.5 Å². The van der Waals surface area contributed by atoms with Crippen LogP contribution in [0.2, 0.25) is 0 Å². The minimum Gasteiger partial charge on any atom is -0.378 e. The average Bonchev–Trinajstić information content (AvgIpc) is 3.48. The van der Waals surface area contributed by atoms with Crippen molar-refractivity contribution in [1.82, 2.24) is 14.5 Å². The van der Waals surface area contributed by atoms with Crippen molar-refractivity contribution in [1.29, 1.82) is 0 Å². The van der Waals surface area contributed by atoms with Crippen LogP contribution in [0.4, 0.5) is 5.69 Å². The molecule has 0 aliphatic carbocycles. The van der Waals surface area contributed by atoms with Gasteiger partial charge in [-0.15, -0.1) is 0 Å². The third kappa shape index (κ3) is 4.45. The number of rotatable bonds is 6. The van der Waals surface area contributed by atoms with E-state index >= 15 is 0 Å². The normalized spacial score (nSPS) is 20.5. The molecule has 2 fully saturated rings. The number of imidazole rings is 1. The summed E-state index contributed by atoms with van der Waals surface area (Å²) in [6, 6.07) is 17.8. The molecule has 2 saturated heterocycles. The zero-order valence-corrected chi connectivity index (χ0v) is 19.3. The molecule has 168 valence electrons. The number of fused-ring (bicyclic) bond motifs is 1. The number of para-hydroxylation sites is 2. The van der Waals surface area contributed by atoms with E-state index in [0.29, 0.717) is 6.04 Å². The second-order valence-corrected chi connectivity index (χ2v) is 9.25. The first-order valence-corrected chi connectivity index (χ1v) is 11.9. The first-order chi connectivity index (χ1) is 15.7. The van der Waals surface area contributed by atoms with Crippen LogP contribution < -0.4 is 4.90 Å². The van der Waals surface area contributed by atoms with Gasteiger partial charge in [-0.1, -0.05) is 36.4 Å². The van der Waals surface area contributed by atoms with Gasteiger partial charge in [-0.2, -0.15) is 0 Å². The van der Waals surface area contributed by atoms with Crippen molar-refractivity contribution < 1.29 is 4.74 Å². The van der Waals surface area contributed by atoms with Gasteiger partial charge in [0.05, 0.1) is 11.0 Å². The summed E-state index contributed by atoms with van der Waals surface area (Å²) < 4.78 is 8.54. The molecule has 0 bridgehead atoms. The summed E-state index contributed by atoms with van der Waals surface area (Å²) in [7, 11) is 4.15. The van der Waals surface area contributed by atoms with Gasteiger partial charge in [0.15, 0.2) is 0 Å². The standard InChI is InChI=1S/C27H34N4O/c1-29(2)22-13-11-21(12-14-22)7-5-17-30-18-15-23(16-19-30)31-25-9-4-3-8-24(25)28-27(31)26-10-6-20-32-26/h3-5,7-9,11-14,23,26H,6,10,15-20H2,1-2H3/b7-5+. The highest BCUT2D eigenvalue weighted by atomic mass is 16.5. The van der Waals surface area contributed by atoms with Crippen LogP contribution in [-0.4, -0.2) is 54.8 Å². The van der Waals surface area contributed by atoms with Crippen LogP contribution in [0.1, 0.15) is 49.2 Å². The van der Waals surface area contributed by atoms with Crippen molar-refractivity contribution in [2.75, 3.05) is 45.2 Å². The van der Waals surface area contributed by atoms with E-state index in [1.807, 2.05) is 0 Å². The number of likely N-dealkylation sites (tertiary alicyclic amines) is 1. The predicted molar refractivity (Wildman–Crippen MR) is 132 cm³/mol. The Bertz CT molecular complexity index is 1050. The Hall–Kier alpha value is -2.63. The molecular weight excluding hydrogens is 396 g/mol. The molecule has 5 nitrogen and oxygen atoms in total. The van der Waals surface area contributed by atoms with Crippen molar-refractivity contribution in [3.05, 3.63) is 66.0 Å². The summed E-state index contributed by atoms with van der Waals surface area (Å²) >= 11 is 0.